The fourth-order valence-corrected chi connectivity index (χ4v) is 7.49. The van der Waals surface area contributed by atoms with Crippen molar-refractivity contribution in [3.8, 4) is 0 Å². The molecule has 0 radical (unpaired) electrons. The first-order valence-corrected chi connectivity index (χ1v) is 9.80. The molecular weight excluding hydrogens is 375 g/mol. The smallest absolute Gasteiger partial charge is 0.155 e. The van der Waals surface area contributed by atoms with Crippen molar-refractivity contribution in [1.29, 1.82) is 0 Å². The monoisotopic (exact) mass is 400 g/mol. The van der Waals surface area contributed by atoms with Crippen molar-refractivity contribution >= 4 is 28.4 Å². The number of allylic oxidation sites excluding steroid dienone is 1. The predicted octanol–water partition coefficient (Wildman–Crippen LogP) is 3.90. The Labute approximate surface area is 140 Å². The van der Waals surface area contributed by atoms with Crippen molar-refractivity contribution in [2.45, 2.75) is 61.9 Å². The number of hydrogen-bond acceptors (Lipinski definition) is 2. The molecule has 0 aromatic carbocycles. The zero-order chi connectivity index (χ0) is 14.8. The molecule has 3 heteroatoms. The van der Waals surface area contributed by atoms with Gasteiger partial charge >= 0.3 is 0 Å². The molecule has 0 heterocycles. The largest absolute Gasteiger partial charge is 0.391 e. The quantitative estimate of drug-likeness (QED) is 0.495. The molecule has 0 aliphatic heterocycles. The highest BCUT2D eigenvalue weighted by atomic mass is 127. The Morgan fingerprint density at radius 3 is 2.86 bits per heavy atom. The number of fused-ring (bicyclic) bond motifs is 5. The van der Waals surface area contributed by atoms with Crippen molar-refractivity contribution in [3.05, 3.63) is 11.6 Å². The van der Waals surface area contributed by atoms with Crippen molar-refractivity contribution in [1.82, 2.24) is 0 Å². The third-order valence-corrected chi connectivity index (χ3v) is 8.42. The van der Waals surface area contributed by atoms with Crippen LogP contribution in [0.15, 0.2) is 11.6 Å². The highest BCUT2D eigenvalue weighted by Crippen LogP contribution is 2.62. The Morgan fingerprint density at radius 1 is 1.24 bits per heavy atom. The topological polar surface area (TPSA) is 37.3 Å². The number of aliphatic hydroxyl groups excluding tert-OH is 1. The van der Waals surface area contributed by atoms with Crippen LogP contribution in [0.25, 0.3) is 0 Å². The normalized spacial score (nSPS) is 52.7. The molecular formula is C18H25IO2. The van der Waals surface area contributed by atoms with E-state index in [1.165, 1.54) is 31.3 Å². The predicted molar refractivity (Wildman–Crippen MR) is 91.3 cm³/mol. The number of ketones is 1. The van der Waals surface area contributed by atoms with E-state index in [9.17, 15) is 9.90 Å². The lowest BCUT2D eigenvalue weighted by Gasteiger charge is -2.53. The third-order valence-electron chi connectivity index (χ3n) is 7.24. The SMILES string of the molecule is C[C@]12CC[C@H]3[C@@H](CCC4=CC(=O)CC[C@@H]43)[C@@H]1C[C@@H](I)[C@@H]2O. The molecule has 7 atom stereocenters. The van der Waals surface area contributed by atoms with Crippen molar-refractivity contribution < 1.29 is 9.90 Å². The van der Waals surface area contributed by atoms with Gasteiger partial charge in [0.2, 0.25) is 0 Å². The highest BCUT2D eigenvalue weighted by Gasteiger charge is 2.58. The molecule has 4 rings (SSSR count). The summed E-state index contributed by atoms with van der Waals surface area (Å²) >= 11 is 2.47. The van der Waals surface area contributed by atoms with Crippen LogP contribution in [0.2, 0.25) is 0 Å². The van der Waals surface area contributed by atoms with Gasteiger partial charge in [-0.25, -0.2) is 0 Å². The molecule has 1 N–H and O–H groups in total. The van der Waals surface area contributed by atoms with E-state index in [1.54, 1.807) is 0 Å². The molecule has 0 unspecified atom stereocenters. The van der Waals surface area contributed by atoms with Gasteiger partial charge in [0.1, 0.15) is 0 Å². The van der Waals surface area contributed by atoms with E-state index in [0.29, 0.717) is 21.5 Å². The van der Waals surface area contributed by atoms with Crippen LogP contribution in [0.5, 0.6) is 0 Å². The number of carbonyl (C=O) groups excluding carboxylic acids is 1. The van der Waals surface area contributed by atoms with Gasteiger partial charge in [-0.1, -0.05) is 35.1 Å². The van der Waals surface area contributed by atoms with Gasteiger partial charge in [-0.2, -0.15) is 0 Å². The number of rotatable bonds is 0. The summed E-state index contributed by atoms with van der Waals surface area (Å²) in [6, 6.07) is 0. The molecule has 0 aromatic heterocycles. The van der Waals surface area contributed by atoms with Crippen LogP contribution >= 0.6 is 22.6 Å². The zero-order valence-electron chi connectivity index (χ0n) is 12.7. The summed E-state index contributed by atoms with van der Waals surface area (Å²) in [5, 5.41) is 10.6. The Bertz CT molecular complexity index is 499. The first-order valence-electron chi connectivity index (χ1n) is 8.56. The van der Waals surface area contributed by atoms with E-state index in [1.807, 2.05) is 6.08 Å². The lowest BCUT2D eigenvalue weighted by Crippen LogP contribution is -2.47. The van der Waals surface area contributed by atoms with E-state index in [4.69, 9.17) is 0 Å². The summed E-state index contributed by atoms with van der Waals surface area (Å²) in [5.74, 6) is 3.30. The van der Waals surface area contributed by atoms with Gasteiger partial charge in [-0.15, -0.1) is 0 Å². The molecule has 4 aliphatic rings. The molecule has 3 saturated carbocycles. The molecule has 3 fully saturated rings. The first kappa shape index (κ1) is 14.7. The average Bonchev–Trinajstić information content (AvgIpc) is 2.70. The number of aliphatic hydroxyl groups is 1. The second-order valence-corrected chi connectivity index (χ2v) is 9.64. The second-order valence-electron chi connectivity index (χ2n) is 8.04. The Morgan fingerprint density at radius 2 is 2.05 bits per heavy atom. The van der Waals surface area contributed by atoms with E-state index in [2.05, 4.69) is 29.5 Å². The van der Waals surface area contributed by atoms with Gasteiger partial charge in [-0.05, 0) is 73.7 Å². The van der Waals surface area contributed by atoms with E-state index in [0.717, 1.165) is 31.1 Å². The molecule has 0 bridgehead atoms. The van der Waals surface area contributed by atoms with E-state index < -0.39 is 0 Å². The average molecular weight is 400 g/mol. The number of alkyl halides is 1. The van der Waals surface area contributed by atoms with Crippen LogP contribution in [0.1, 0.15) is 51.9 Å². The highest BCUT2D eigenvalue weighted by molar-refractivity contribution is 14.1. The zero-order valence-corrected chi connectivity index (χ0v) is 14.9. The standard InChI is InChI=1S/C18H25IO2/c1-18-7-6-13-12-5-3-11(20)8-10(12)2-4-14(13)15(18)9-16(19)17(18)21/h8,12-17,21H,2-7,9H2,1H3/t12-,13+,14+,15-,16+,17-,18-/m0/s1. The van der Waals surface area contributed by atoms with Crippen LogP contribution in [0.3, 0.4) is 0 Å². The molecule has 21 heavy (non-hydrogen) atoms. The fourth-order valence-electron chi connectivity index (χ4n) is 6.12. The van der Waals surface area contributed by atoms with Gasteiger partial charge in [0.25, 0.3) is 0 Å². The van der Waals surface area contributed by atoms with Gasteiger partial charge in [0.05, 0.1) is 6.10 Å². The summed E-state index contributed by atoms with van der Waals surface area (Å²) in [7, 11) is 0. The number of halogens is 1. The summed E-state index contributed by atoms with van der Waals surface area (Å²) in [4.78, 5) is 11.7. The minimum absolute atomic E-state index is 0.117. The van der Waals surface area contributed by atoms with Crippen LogP contribution in [-0.2, 0) is 4.79 Å². The Balaban J connectivity index is 1.64. The Kier molecular flexibility index (Phi) is 3.53. The molecule has 4 aliphatic carbocycles. The molecule has 0 amide bonds. The summed E-state index contributed by atoms with van der Waals surface area (Å²) in [6.07, 6.45) is 9.72. The molecule has 0 saturated heterocycles. The van der Waals surface area contributed by atoms with Crippen molar-refractivity contribution in [2.75, 3.05) is 0 Å². The summed E-state index contributed by atoms with van der Waals surface area (Å²) in [5.41, 5.74) is 1.61. The van der Waals surface area contributed by atoms with Crippen LogP contribution in [0.4, 0.5) is 0 Å². The second kappa shape index (κ2) is 5.05. The first-order chi connectivity index (χ1) is 10.0. The minimum Gasteiger partial charge on any atom is -0.391 e. The van der Waals surface area contributed by atoms with Crippen LogP contribution < -0.4 is 0 Å². The van der Waals surface area contributed by atoms with E-state index in [-0.39, 0.29) is 11.5 Å². The molecule has 0 aromatic rings. The van der Waals surface area contributed by atoms with Crippen molar-refractivity contribution in [2.24, 2.45) is 29.1 Å². The summed E-state index contributed by atoms with van der Waals surface area (Å²) < 4.78 is 0.432. The summed E-state index contributed by atoms with van der Waals surface area (Å²) in [6.45, 7) is 2.34. The van der Waals surface area contributed by atoms with E-state index >= 15 is 0 Å². The Hall–Kier alpha value is 0.1000. The molecule has 2 nitrogen and oxygen atoms in total. The maximum Gasteiger partial charge on any atom is 0.155 e. The number of hydrogen-bond donors (Lipinski definition) is 1. The molecule has 0 spiro atoms. The van der Waals surface area contributed by atoms with Gasteiger partial charge in [-0.3, -0.25) is 4.79 Å². The lowest BCUT2D eigenvalue weighted by atomic mass is 9.52. The molecule has 116 valence electrons. The van der Waals surface area contributed by atoms with Crippen LogP contribution in [-0.4, -0.2) is 20.9 Å². The van der Waals surface area contributed by atoms with Gasteiger partial charge in [0, 0.05) is 10.3 Å². The maximum atomic E-state index is 11.7. The van der Waals surface area contributed by atoms with Crippen molar-refractivity contribution in [3.63, 3.8) is 0 Å². The maximum absolute atomic E-state index is 11.7. The fraction of sp³-hybridized carbons (Fsp3) is 0.833. The van der Waals surface area contributed by atoms with Crippen LogP contribution in [0, 0.1) is 29.1 Å². The van der Waals surface area contributed by atoms with Gasteiger partial charge in [0.15, 0.2) is 5.78 Å². The minimum atomic E-state index is -0.117. The van der Waals surface area contributed by atoms with Gasteiger partial charge < -0.3 is 5.11 Å². The lowest BCUT2D eigenvalue weighted by molar-refractivity contribution is -0.116. The third kappa shape index (κ3) is 2.09. The number of carbonyl (C=O) groups is 1.